The number of aromatic hydroxyl groups is 1. The van der Waals surface area contributed by atoms with Gasteiger partial charge in [-0.1, -0.05) is 6.07 Å². The van der Waals surface area contributed by atoms with E-state index in [0.717, 1.165) is 19.3 Å². The molecule has 1 N–H and O–H groups in total. The van der Waals surface area contributed by atoms with Crippen LogP contribution < -0.4 is 4.74 Å². The van der Waals surface area contributed by atoms with Crippen molar-refractivity contribution >= 4 is 5.78 Å². The molecule has 6 atom stereocenters. The predicted molar refractivity (Wildman–Crippen MR) is 74.5 cm³/mol. The number of rotatable bonds is 0. The standard InChI is InChI=1S/C17H17NO3/c1-18-14-9-3-5-11(20)15-17(9)7-16(14,18)6-8-2-4-10(19)13(21-15)12(8)17/h2,4,9,14-15,19H,3,5-7H2,1H3/t9-,14?,15-,16?,17-,18?/m0/s1. The van der Waals surface area contributed by atoms with Gasteiger partial charge < -0.3 is 9.84 Å². The molecular formula is C17H17NO3. The molecule has 3 unspecified atom stereocenters. The topological polar surface area (TPSA) is 49.5 Å². The van der Waals surface area contributed by atoms with E-state index in [1.807, 2.05) is 6.07 Å². The number of hydrogen-bond donors (Lipinski definition) is 1. The van der Waals surface area contributed by atoms with Crippen LogP contribution in [0.25, 0.3) is 0 Å². The van der Waals surface area contributed by atoms with Gasteiger partial charge >= 0.3 is 0 Å². The normalized spacial score (nSPS) is 50.4. The Bertz CT molecular complexity index is 744. The first-order valence-electron chi connectivity index (χ1n) is 7.87. The second-order valence-electron chi connectivity index (χ2n) is 7.61. The van der Waals surface area contributed by atoms with E-state index < -0.39 is 0 Å². The van der Waals surface area contributed by atoms with Crippen LogP contribution >= 0.6 is 0 Å². The molecule has 1 saturated heterocycles. The van der Waals surface area contributed by atoms with Gasteiger partial charge in [0, 0.05) is 29.0 Å². The summed E-state index contributed by atoms with van der Waals surface area (Å²) < 4.78 is 6.05. The summed E-state index contributed by atoms with van der Waals surface area (Å²) in [7, 11) is 2.23. The van der Waals surface area contributed by atoms with Crippen molar-refractivity contribution in [3.05, 3.63) is 23.3 Å². The van der Waals surface area contributed by atoms with Gasteiger partial charge in [-0.3, -0.25) is 9.69 Å². The highest BCUT2D eigenvalue weighted by Crippen LogP contribution is 2.74. The minimum absolute atomic E-state index is 0.145. The largest absolute Gasteiger partial charge is 0.504 e. The number of piperidine rings is 1. The lowest BCUT2D eigenvalue weighted by atomic mass is 9.59. The first-order valence-corrected chi connectivity index (χ1v) is 7.87. The molecule has 1 aromatic carbocycles. The Balaban J connectivity index is 1.71. The fraction of sp³-hybridized carbons (Fsp3) is 0.588. The minimum atomic E-state index is -0.350. The van der Waals surface area contributed by atoms with Crippen LogP contribution in [0.4, 0.5) is 0 Å². The van der Waals surface area contributed by atoms with Gasteiger partial charge in [-0.25, -0.2) is 0 Å². The molecule has 2 heterocycles. The summed E-state index contributed by atoms with van der Waals surface area (Å²) in [5, 5.41) is 10.2. The second kappa shape index (κ2) is 2.84. The predicted octanol–water partition coefficient (Wildman–Crippen LogP) is 1.38. The second-order valence-corrected chi connectivity index (χ2v) is 7.61. The number of likely N-dealkylation sites (N-methyl/N-ethyl adjacent to an activating group) is 1. The Hall–Kier alpha value is -1.55. The van der Waals surface area contributed by atoms with Crippen molar-refractivity contribution in [1.29, 1.82) is 0 Å². The highest BCUT2D eigenvalue weighted by molar-refractivity contribution is 5.89. The van der Waals surface area contributed by atoms with Gasteiger partial charge in [0.1, 0.15) is 0 Å². The number of carbonyl (C=O) groups is 1. The van der Waals surface area contributed by atoms with E-state index in [4.69, 9.17) is 4.74 Å². The van der Waals surface area contributed by atoms with Crippen LogP contribution in [0.5, 0.6) is 11.5 Å². The van der Waals surface area contributed by atoms with Crippen LogP contribution in [0, 0.1) is 5.92 Å². The Kier molecular flexibility index (Phi) is 1.50. The van der Waals surface area contributed by atoms with Crippen molar-refractivity contribution < 1.29 is 14.6 Å². The first kappa shape index (κ1) is 11.1. The Morgan fingerprint density at radius 1 is 1.43 bits per heavy atom. The fourth-order valence-corrected chi connectivity index (χ4v) is 6.47. The van der Waals surface area contributed by atoms with Crippen molar-refractivity contribution in [1.82, 2.24) is 4.90 Å². The van der Waals surface area contributed by atoms with Crippen LogP contribution in [0.2, 0.25) is 0 Å². The van der Waals surface area contributed by atoms with E-state index in [-0.39, 0.29) is 28.6 Å². The molecule has 0 amide bonds. The smallest absolute Gasteiger partial charge is 0.174 e. The number of phenols is 1. The van der Waals surface area contributed by atoms with Crippen LogP contribution in [-0.2, 0) is 16.6 Å². The van der Waals surface area contributed by atoms with Gasteiger partial charge in [0.25, 0.3) is 0 Å². The summed E-state index contributed by atoms with van der Waals surface area (Å²) in [6.07, 6.45) is 3.33. The number of fused-ring (bicyclic) bond motifs is 1. The molecule has 3 aliphatic carbocycles. The number of carbonyl (C=O) groups excluding carboxylic acids is 1. The highest BCUT2D eigenvalue weighted by Gasteiger charge is 2.81. The molecule has 3 fully saturated rings. The Labute approximate surface area is 122 Å². The zero-order valence-corrected chi connectivity index (χ0v) is 11.9. The van der Waals surface area contributed by atoms with Crippen LogP contribution in [0.3, 0.4) is 0 Å². The van der Waals surface area contributed by atoms with Crippen LogP contribution in [0.1, 0.15) is 30.4 Å². The lowest BCUT2D eigenvalue weighted by Crippen LogP contribution is -2.54. The zero-order valence-electron chi connectivity index (χ0n) is 11.9. The van der Waals surface area contributed by atoms with E-state index in [1.165, 1.54) is 11.1 Å². The molecule has 0 radical (unpaired) electrons. The molecule has 1 aromatic rings. The molecular weight excluding hydrogens is 266 g/mol. The molecule has 2 saturated carbocycles. The summed E-state index contributed by atoms with van der Waals surface area (Å²) in [5.41, 5.74) is 2.58. The van der Waals surface area contributed by atoms with E-state index in [9.17, 15) is 9.90 Å². The summed E-state index contributed by atoms with van der Waals surface area (Å²) >= 11 is 0. The van der Waals surface area contributed by atoms with Crippen LogP contribution in [0.15, 0.2) is 12.1 Å². The number of benzene rings is 1. The number of phenolic OH excluding ortho intramolecular Hbond substituents is 1. The molecule has 2 aliphatic heterocycles. The molecule has 4 nitrogen and oxygen atoms in total. The summed E-state index contributed by atoms with van der Waals surface area (Å²) in [6, 6.07) is 4.38. The van der Waals surface area contributed by atoms with Gasteiger partial charge in [0.2, 0.25) is 0 Å². The van der Waals surface area contributed by atoms with Gasteiger partial charge in [-0.05, 0) is 43.9 Å². The number of ketones is 1. The van der Waals surface area contributed by atoms with Crippen molar-refractivity contribution in [2.45, 2.75) is 48.8 Å². The zero-order chi connectivity index (χ0) is 14.1. The van der Waals surface area contributed by atoms with Crippen molar-refractivity contribution in [2.75, 3.05) is 7.05 Å². The average molecular weight is 283 g/mol. The van der Waals surface area contributed by atoms with Crippen molar-refractivity contribution in [2.24, 2.45) is 5.92 Å². The van der Waals surface area contributed by atoms with Gasteiger partial charge in [-0.2, -0.15) is 0 Å². The molecule has 21 heavy (non-hydrogen) atoms. The van der Waals surface area contributed by atoms with Gasteiger partial charge in [0.15, 0.2) is 23.4 Å². The number of nitrogens with zero attached hydrogens (tertiary/aromatic N) is 1. The number of Topliss-reactive ketones (excluding diaryl/α,β-unsaturated/α-hetero) is 1. The maximum Gasteiger partial charge on any atom is 0.174 e. The maximum absolute atomic E-state index is 12.5. The monoisotopic (exact) mass is 283 g/mol. The van der Waals surface area contributed by atoms with Crippen molar-refractivity contribution in [3.63, 3.8) is 0 Å². The molecule has 6 rings (SSSR count). The van der Waals surface area contributed by atoms with E-state index in [1.54, 1.807) is 6.07 Å². The van der Waals surface area contributed by atoms with E-state index >= 15 is 0 Å². The lowest BCUT2D eigenvalue weighted by Gasteiger charge is -2.45. The van der Waals surface area contributed by atoms with Gasteiger partial charge in [0.05, 0.1) is 0 Å². The average Bonchev–Trinajstić information content (AvgIpc) is 2.82. The molecule has 108 valence electrons. The Morgan fingerprint density at radius 2 is 2.29 bits per heavy atom. The van der Waals surface area contributed by atoms with E-state index in [2.05, 4.69) is 11.9 Å². The fourth-order valence-electron chi connectivity index (χ4n) is 6.47. The maximum atomic E-state index is 12.5. The summed E-state index contributed by atoms with van der Waals surface area (Å²) in [6.45, 7) is 0. The number of likely N-dealkylation sites (tertiary alicyclic amines) is 1. The molecule has 2 bridgehead atoms. The number of ether oxygens (including phenoxy) is 1. The van der Waals surface area contributed by atoms with E-state index in [0.29, 0.717) is 24.1 Å². The first-order chi connectivity index (χ1) is 10.1. The highest BCUT2D eigenvalue weighted by atomic mass is 16.5. The third kappa shape index (κ3) is 0.877. The lowest BCUT2D eigenvalue weighted by molar-refractivity contribution is -0.133. The summed E-state index contributed by atoms with van der Waals surface area (Å²) in [5.74, 6) is 1.55. The Morgan fingerprint density at radius 3 is 3.14 bits per heavy atom. The SMILES string of the molecule is CN1C2[C@@H]3CCC(=O)[C@@H]4Oc5c(O)ccc6c5[C@@]43CC21C6. The molecule has 4 heteroatoms. The van der Waals surface area contributed by atoms with Gasteiger partial charge in [-0.15, -0.1) is 0 Å². The third-order valence-corrected chi connectivity index (χ3v) is 7.13. The number of hydrogen-bond acceptors (Lipinski definition) is 4. The molecule has 0 aromatic heterocycles. The molecule has 2 spiro atoms. The quantitative estimate of drug-likeness (QED) is 0.731. The third-order valence-electron chi connectivity index (χ3n) is 7.13. The minimum Gasteiger partial charge on any atom is -0.504 e. The van der Waals surface area contributed by atoms with Crippen molar-refractivity contribution in [3.8, 4) is 11.5 Å². The summed E-state index contributed by atoms with van der Waals surface area (Å²) in [4.78, 5) is 15.0. The van der Waals surface area contributed by atoms with Crippen LogP contribution in [-0.4, -0.2) is 40.5 Å². The molecule has 5 aliphatic rings.